The summed E-state index contributed by atoms with van der Waals surface area (Å²) in [6.45, 7) is 12.0. The molecule has 0 heterocycles. The summed E-state index contributed by atoms with van der Waals surface area (Å²) in [5.41, 5.74) is 5.91. The van der Waals surface area contributed by atoms with Crippen LogP contribution in [0.4, 0.5) is 0 Å². The van der Waals surface area contributed by atoms with Gasteiger partial charge in [0.2, 0.25) is 0 Å². The van der Waals surface area contributed by atoms with Crippen molar-refractivity contribution in [1.29, 1.82) is 0 Å². The summed E-state index contributed by atoms with van der Waals surface area (Å²) in [4.78, 5) is 12.4. The van der Waals surface area contributed by atoms with Gasteiger partial charge in [0.15, 0.2) is 6.10 Å². The molecule has 0 aromatic heterocycles. The van der Waals surface area contributed by atoms with Crippen LogP contribution in [0.3, 0.4) is 0 Å². The van der Waals surface area contributed by atoms with Crippen LogP contribution in [-0.2, 0) is 4.79 Å². The van der Waals surface area contributed by atoms with E-state index in [0.29, 0.717) is 0 Å². The second-order valence-corrected chi connectivity index (χ2v) is 6.60. The normalized spacial score (nSPS) is 13.2. The molecule has 0 aliphatic carbocycles. The quantitative estimate of drug-likeness (QED) is 0.875. The van der Waals surface area contributed by atoms with Crippen molar-refractivity contribution in [2.45, 2.75) is 53.7 Å². The Morgan fingerprint density at radius 2 is 1.62 bits per heavy atom. The molecule has 0 radical (unpaired) electrons. The Balaban J connectivity index is 2.01. The Kier molecular flexibility index (Phi) is 5.66. The number of rotatable bonds is 5. The minimum absolute atomic E-state index is 0.0519. The van der Waals surface area contributed by atoms with E-state index in [4.69, 9.17) is 4.74 Å². The van der Waals surface area contributed by atoms with Crippen LogP contribution in [0, 0.1) is 27.7 Å². The summed E-state index contributed by atoms with van der Waals surface area (Å²) < 4.78 is 5.79. The Bertz CT molecular complexity index is 737. The van der Waals surface area contributed by atoms with Crippen molar-refractivity contribution in [3.63, 3.8) is 0 Å². The predicted octanol–water partition coefficient (Wildman–Crippen LogP) is 4.56. The van der Waals surface area contributed by atoms with Crippen LogP contribution in [0.5, 0.6) is 5.75 Å². The molecule has 2 atom stereocenters. The van der Waals surface area contributed by atoms with Crippen LogP contribution in [0.25, 0.3) is 0 Å². The van der Waals surface area contributed by atoms with Crippen molar-refractivity contribution in [1.82, 2.24) is 5.32 Å². The highest BCUT2D eigenvalue weighted by atomic mass is 16.5. The Hall–Kier alpha value is -2.29. The molecule has 2 aromatic rings. The molecule has 3 heteroatoms. The predicted molar refractivity (Wildman–Crippen MR) is 98.5 cm³/mol. The van der Waals surface area contributed by atoms with Gasteiger partial charge in [-0.1, -0.05) is 29.8 Å². The first-order valence-electron chi connectivity index (χ1n) is 8.39. The summed E-state index contributed by atoms with van der Waals surface area (Å²) in [7, 11) is 0. The molecule has 1 N–H and O–H groups in total. The molecule has 2 aromatic carbocycles. The highest BCUT2D eigenvalue weighted by Gasteiger charge is 2.18. The Labute approximate surface area is 145 Å². The maximum atomic E-state index is 12.4. The summed E-state index contributed by atoms with van der Waals surface area (Å²) in [5.74, 6) is 0.612. The number of benzene rings is 2. The van der Waals surface area contributed by atoms with Crippen molar-refractivity contribution < 1.29 is 9.53 Å². The third kappa shape index (κ3) is 4.38. The molecule has 0 aliphatic rings. The molecular formula is C21H27NO2. The van der Waals surface area contributed by atoms with Crippen molar-refractivity contribution in [3.05, 3.63) is 64.2 Å². The van der Waals surface area contributed by atoms with E-state index in [9.17, 15) is 4.79 Å². The zero-order valence-electron chi connectivity index (χ0n) is 15.4. The molecule has 0 aliphatic heterocycles. The average Bonchev–Trinajstić information content (AvgIpc) is 2.50. The number of hydrogen-bond acceptors (Lipinski definition) is 2. The van der Waals surface area contributed by atoms with Crippen LogP contribution >= 0.6 is 0 Å². The van der Waals surface area contributed by atoms with Gasteiger partial charge in [-0.3, -0.25) is 4.79 Å². The van der Waals surface area contributed by atoms with Gasteiger partial charge in [0.1, 0.15) is 5.75 Å². The first-order chi connectivity index (χ1) is 11.3. The van der Waals surface area contributed by atoms with Gasteiger partial charge in [-0.25, -0.2) is 0 Å². The highest BCUT2D eigenvalue weighted by molar-refractivity contribution is 5.81. The van der Waals surface area contributed by atoms with E-state index in [0.717, 1.165) is 16.9 Å². The van der Waals surface area contributed by atoms with Crippen molar-refractivity contribution in [2.24, 2.45) is 0 Å². The van der Waals surface area contributed by atoms with E-state index < -0.39 is 6.10 Å². The van der Waals surface area contributed by atoms with Gasteiger partial charge in [0, 0.05) is 0 Å². The molecule has 3 nitrogen and oxygen atoms in total. The van der Waals surface area contributed by atoms with Crippen LogP contribution in [0.2, 0.25) is 0 Å². The lowest BCUT2D eigenvalue weighted by Crippen LogP contribution is -2.38. The third-order valence-corrected chi connectivity index (χ3v) is 4.41. The second-order valence-electron chi connectivity index (χ2n) is 6.60. The van der Waals surface area contributed by atoms with E-state index in [1.54, 1.807) is 6.92 Å². The third-order valence-electron chi connectivity index (χ3n) is 4.41. The smallest absolute Gasteiger partial charge is 0.261 e. The van der Waals surface area contributed by atoms with Gasteiger partial charge in [-0.15, -0.1) is 0 Å². The second kappa shape index (κ2) is 7.52. The fourth-order valence-corrected chi connectivity index (χ4v) is 2.76. The van der Waals surface area contributed by atoms with Crippen molar-refractivity contribution >= 4 is 5.91 Å². The van der Waals surface area contributed by atoms with E-state index in [2.05, 4.69) is 44.3 Å². The minimum Gasteiger partial charge on any atom is -0.481 e. The van der Waals surface area contributed by atoms with Gasteiger partial charge in [-0.05, 0) is 75.9 Å². The summed E-state index contributed by atoms with van der Waals surface area (Å²) in [6.07, 6.45) is -0.541. The molecule has 0 fully saturated rings. The Morgan fingerprint density at radius 3 is 2.25 bits per heavy atom. The molecule has 0 saturated heterocycles. The molecular weight excluding hydrogens is 298 g/mol. The Morgan fingerprint density at radius 1 is 0.917 bits per heavy atom. The number of nitrogens with one attached hydrogen (secondary N) is 1. The largest absolute Gasteiger partial charge is 0.481 e. The standard InChI is InChI=1S/C21H27NO2/c1-13-7-10-20(16(4)11-13)17(5)22-21(23)18(6)24-19-9-8-14(2)15(3)12-19/h7-12,17-18H,1-6H3,(H,22,23). The number of ether oxygens (including phenoxy) is 1. The van der Waals surface area contributed by atoms with E-state index in [1.165, 1.54) is 16.7 Å². The van der Waals surface area contributed by atoms with Crippen LogP contribution < -0.4 is 10.1 Å². The van der Waals surface area contributed by atoms with Gasteiger partial charge < -0.3 is 10.1 Å². The topological polar surface area (TPSA) is 38.3 Å². The number of hydrogen-bond donors (Lipinski definition) is 1. The fraction of sp³-hybridized carbons (Fsp3) is 0.381. The van der Waals surface area contributed by atoms with Crippen LogP contribution in [0.1, 0.15) is 47.7 Å². The first-order valence-corrected chi connectivity index (χ1v) is 8.39. The summed E-state index contributed by atoms with van der Waals surface area (Å²) >= 11 is 0. The molecule has 0 bridgehead atoms. The zero-order valence-corrected chi connectivity index (χ0v) is 15.4. The van der Waals surface area contributed by atoms with Crippen molar-refractivity contribution in [2.75, 3.05) is 0 Å². The van der Waals surface area contributed by atoms with Crippen LogP contribution in [-0.4, -0.2) is 12.0 Å². The van der Waals surface area contributed by atoms with Gasteiger partial charge in [0.05, 0.1) is 6.04 Å². The lowest BCUT2D eigenvalue weighted by atomic mass is 10.00. The zero-order chi connectivity index (χ0) is 17.9. The SMILES string of the molecule is Cc1ccc(C(C)NC(=O)C(C)Oc2ccc(C)c(C)c2)c(C)c1. The number of carbonyl (C=O) groups is 1. The molecule has 0 saturated carbocycles. The van der Waals surface area contributed by atoms with Gasteiger partial charge in [-0.2, -0.15) is 0 Å². The summed E-state index contributed by atoms with van der Waals surface area (Å²) in [5, 5.41) is 3.04. The summed E-state index contributed by atoms with van der Waals surface area (Å²) in [6, 6.07) is 12.1. The first kappa shape index (κ1) is 18.1. The number of aryl methyl sites for hydroxylation is 4. The minimum atomic E-state index is -0.541. The maximum Gasteiger partial charge on any atom is 0.261 e. The lowest BCUT2D eigenvalue weighted by Gasteiger charge is -2.21. The molecule has 128 valence electrons. The van der Waals surface area contributed by atoms with E-state index >= 15 is 0 Å². The van der Waals surface area contributed by atoms with E-state index in [1.807, 2.05) is 32.0 Å². The molecule has 2 rings (SSSR count). The molecule has 24 heavy (non-hydrogen) atoms. The fourth-order valence-electron chi connectivity index (χ4n) is 2.76. The molecule has 2 unspecified atom stereocenters. The highest BCUT2D eigenvalue weighted by Crippen LogP contribution is 2.20. The lowest BCUT2D eigenvalue weighted by molar-refractivity contribution is -0.127. The van der Waals surface area contributed by atoms with Gasteiger partial charge in [0.25, 0.3) is 5.91 Å². The number of amides is 1. The molecule has 1 amide bonds. The van der Waals surface area contributed by atoms with E-state index in [-0.39, 0.29) is 11.9 Å². The van der Waals surface area contributed by atoms with Crippen molar-refractivity contribution in [3.8, 4) is 5.75 Å². The molecule has 0 spiro atoms. The van der Waals surface area contributed by atoms with Gasteiger partial charge >= 0.3 is 0 Å². The van der Waals surface area contributed by atoms with Crippen LogP contribution in [0.15, 0.2) is 36.4 Å². The average molecular weight is 325 g/mol. The number of carbonyl (C=O) groups excluding carboxylic acids is 1. The maximum absolute atomic E-state index is 12.4. The monoisotopic (exact) mass is 325 g/mol.